The summed E-state index contributed by atoms with van der Waals surface area (Å²) in [6, 6.07) is 8.35. The van der Waals surface area contributed by atoms with E-state index in [1.54, 1.807) is 11.2 Å². The lowest BCUT2D eigenvalue weighted by Crippen LogP contribution is -2.57. The van der Waals surface area contributed by atoms with Crippen LogP contribution in [0.4, 0.5) is 4.79 Å². The van der Waals surface area contributed by atoms with Crippen LogP contribution in [0.15, 0.2) is 39.9 Å². The summed E-state index contributed by atoms with van der Waals surface area (Å²) in [5, 5.41) is 3.43. The summed E-state index contributed by atoms with van der Waals surface area (Å²) >= 11 is 0. The summed E-state index contributed by atoms with van der Waals surface area (Å²) < 4.78 is 11.1. The zero-order chi connectivity index (χ0) is 22.0. The van der Waals surface area contributed by atoms with Crippen molar-refractivity contribution in [1.82, 2.24) is 20.1 Å². The highest BCUT2D eigenvalue weighted by Gasteiger charge is 2.36. The fourth-order valence-corrected chi connectivity index (χ4v) is 3.78. The molecule has 3 heterocycles. The third kappa shape index (κ3) is 5.18. The van der Waals surface area contributed by atoms with Gasteiger partial charge in [0.2, 0.25) is 5.89 Å². The molecule has 0 aliphatic carbocycles. The monoisotopic (exact) mass is 425 g/mol. The summed E-state index contributed by atoms with van der Waals surface area (Å²) in [4.78, 5) is 25.6. The van der Waals surface area contributed by atoms with E-state index < -0.39 is 5.60 Å². The maximum atomic E-state index is 12.4. The number of ether oxygens (including phenoxy) is 1. The number of rotatable bonds is 4. The molecule has 0 spiro atoms. The number of guanidine groups is 1. The Labute approximate surface area is 183 Å². The maximum Gasteiger partial charge on any atom is 0.410 e. The first-order valence-electron chi connectivity index (χ1n) is 10.8. The van der Waals surface area contributed by atoms with Crippen molar-refractivity contribution in [1.29, 1.82) is 0 Å². The van der Waals surface area contributed by atoms with E-state index in [1.165, 1.54) is 5.56 Å². The van der Waals surface area contributed by atoms with E-state index in [1.807, 2.05) is 32.9 Å². The van der Waals surface area contributed by atoms with E-state index in [0.717, 1.165) is 36.7 Å². The van der Waals surface area contributed by atoms with Gasteiger partial charge in [-0.3, -0.25) is 4.99 Å². The molecule has 1 N–H and O–H groups in total. The minimum absolute atomic E-state index is 0.198. The van der Waals surface area contributed by atoms with Crippen molar-refractivity contribution in [3.05, 3.63) is 41.8 Å². The fraction of sp³-hybridized carbons (Fsp3) is 0.522. The van der Waals surface area contributed by atoms with E-state index in [9.17, 15) is 4.79 Å². The van der Waals surface area contributed by atoms with Crippen molar-refractivity contribution in [3.8, 4) is 11.5 Å². The van der Waals surface area contributed by atoms with Crippen LogP contribution in [0.1, 0.15) is 32.0 Å². The minimum atomic E-state index is -0.479. The highest BCUT2D eigenvalue weighted by molar-refractivity contribution is 5.82. The van der Waals surface area contributed by atoms with Crippen molar-refractivity contribution < 1.29 is 13.9 Å². The quantitative estimate of drug-likeness (QED) is 0.811. The van der Waals surface area contributed by atoms with E-state index in [2.05, 4.69) is 39.2 Å². The molecular formula is C23H31N5O3. The average Bonchev–Trinajstić information content (AvgIpc) is 3.34. The van der Waals surface area contributed by atoms with Gasteiger partial charge in [0, 0.05) is 38.2 Å². The maximum absolute atomic E-state index is 12.4. The molecule has 0 saturated carbocycles. The molecule has 1 aromatic carbocycles. The number of fused-ring (bicyclic) bond motifs is 1. The number of benzene rings is 1. The van der Waals surface area contributed by atoms with E-state index in [0.29, 0.717) is 25.5 Å². The molecule has 0 radical (unpaired) electrons. The van der Waals surface area contributed by atoms with Gasteiger partial charge in [-0.25, -0.2) is 9.78 Å². The molecule has 2 aromatic rings. The van der Waals surface area contributed by atoms with Crippen molar-refractivity contribution in [2.75, 3.05) is 32.7 Å². The van der Waals surface area contributed by atoms with Crippen LogP contribution >= 0.6 is 0 Å². The first-order valence-corrected chi connectivity index (χ1v) is 10.8. The van der Waals surface area contributed by atoms with Crippen LogP contribution < -0.4 is 5.32 Å². The predicted molar refractivity (Wildman–Crippen MR) is 119 cm³/mol. The molecule has 1 unspecified atom stereocenters. The van der Waals surface area contributed by atoms with Gasteiger partial charge < -0.3 is 24.3 Å². The number of oxazole rings is 1. The van der Waals surface area contributed by atoms with Crippen LogP contribution in [-0.4, -0.2) is 71.2 Å². The smallest absolute Gasteiger partial charge is 0.410 e. The summed E-state index contributed by atoms with van der Waals surface area (Å²) in [6.45, 7) is 11.1. The minimum Gasteiger partial charge on any atom is -0.444 e. The molecular weight excluding hydrogens is 394 g/mol. The van der Waals surface area contributed by atoms with Crippen molar-refractivity contribution >= 4 is 12.1 Å². The lowest BCUT2D eigenvalue weighted by molar-refractivity contribution is 0.0137. The first-order chi connectivity index (χ1) is 14.8. The molecule has 1 atom stereocenters. The number of aliphatic imine (C=N–C) groups is 1. The van der Waals surface area contributed by atoms with Gasteiger partial charge in [-0.2, -0.15) is 0 Å². The SMILES string of the molecule is Cc1ccc(-c2nc(CCNC3=NCC4CN(C(=O)OC(C)(C)C)CCN34)co2)cc1. The third-order valence-corrected chi connectivity index (χ3v) is 5.37. The van der Waals surface area contributed by atoms with Gasteiger partial charge in [-0.1, -0.05) is 17.7 Å². The van der Waals surface area contributed by atoms with Gasteiger partial charge in [0.15, 0.2) is 5.96 Å². The molecule has 8 heteroatoms. The van der Waals surface area contributed by atoms with E-state index in [-0.39, 0.29) is 12.1 Å². The second-order valence-electron chi connectivity index (χ2n) is 9.12. The molecule has 4 rings (SSSR count). The van der Waals surface area contributed by atoms with Gasteiger partial charge in [-0.05, 0) is 39.8 Å². The van der Waals surface area contributed by atoms with Gasteiger partial charge in [0.25, 0.3) is 0 Å². The van der Waals surface area contributed by atoms with Crippen LogP contribution in [-0.2, 0) is 11.2 Å². The normalized spacial score (nSPS) is 18.6. The van der Waals surface area contributed by atoms with Crippen LogP contribution in [0.5, 0.6) is 0 Å². The Balaban J connectivity index is 1.25. The molecule has 1 aromatic heterocycles. The number of aryl methyl sites for hydroxylation is 1. The Morgan fingerprint density at radius 1 is 1.26 bits per heavy atom. The largest absolute Gasteiger partial charge is 0.444 e. The molecule has 31 heavy (non-hydrogen) atoms. The topological polar surface area (TPSA) is 83.2 Å². The molecule has 2 aliphatic rings. The fourth-order valence-electron chi connectivity index (χ4n) is 3.78. The highest BCUT2D eigenvalue weighted by Crippen LogP contribution is 2.20. The number of hydrogen-bond donors (Lipinski definition) is 1. The number of nitrogens with one attached hydrogen (secondary N) is 1. The molecule has 1 fully saturated rings. The predicted octanol–water partition coefficient (Wildman–Crippen LogP) is 3.07. The number of carbonyl (C=O) groups excluding carboxylic acids is 1. The number of nitrogens with zero attached hydrogens (tertiary/aromatic N) is 4. The van der Waals surface area contributed by atoms with Crippen molar-refractivity contribution in [2.24, 2.45) is 4.99 Å². The second-order valence-corrected chi connectivity index (χ2v) is 9.12. The number of aromatic nitrogens is 1. The first kappa shape index (κ1) is 21.2. The summed E-state index contributed by atoms with van der Waals surface area (Å²) in [5.74, 6) is 1.54. The molecule has 2 aliphatic heterocycles. The Morgan fingerprint density at radius 2 is 2.03 bits per heavy atom. The molecule has 1 amide bonds. The standard InChI is InChI=1S/C23H31N5O3/c1-16-5-7-17(8-6-16)20-26-18(15-30-20)9-10-24-21-25-13-19-14-27(11-12-28(19)21)22(29)31-23(2,3)4/h5-8,15,19H,9-14H2,1-4H3,(H,24,25). The number of amides is 1. The Hall–Kier alpha value is -3.03. The zero-order valence-electron chi connectivity index (χ0n) is 18.7. The van der Waals surface area contributed by atoms with Gasteiger partial charge in [-0.15, -0.1) is 0 Å². The lowest BCUT2D eigenvalue weighted by atomic mass is 10.1. The zero-order valence-corrected chi connectivity index (χ0v) is 18.7. The number of piperazine rings is 1. The molecule has 0 bridgehead atoms. The highest BCUT2D eigenvalue weighted by atomic mass is 16.6. The summed E-state index contributed by atoms with van der Waals surface area (Å²) in [7, 11) is 0. The van der Waals surface area contributed by atoms with Crippen LogP contribution in [0, 0.1) is 6.92 Å². The van der Waals surface area contributed by atoms with E-state index >= 15 is 0 Å². The number of hydrogen-bond acceptors (Lipinski definition) is 7. The molecule has 166 valence electrons. The molecule has 1 saturated heterocycles. The summed E-state index contributed by atoms with van der Waals surface area (Å²) in [6.07, 6.45) is 2.22. The van der Waals surface area contributed by atoms with Crippen molar-refractivity contribution in [2.45, 2.75) is 45.8 Å². The Bertz CT molecular complexity index is 945. The van der Waals surface area contributed by atoms with Gasteiger partial charge in [0.05, 0.1) is 18.3 Å². The summed E-state index contributed by atoms with van der Waals surface area (Å²) in [5.41, 5.74) is 2.62. The number of carbonyl (C=O) groups is 1. The van der Waals surface area contributed by atoms with Crippen LogP contribution in [0.3, 0.4) is 0 Å². The third-order valence-electron chi connectivity index (χ3n) is 5.37. The van der Waals surface area contributed by atoms with Crippen molar-refractivity contribution in [3.63, 3.8) is 0 Å². The van der Waals surface area contributed by atoms with Crippen LogP contribution in [0.25, 0.3) is 11.5 Å². The van der Waals surface area contributed by atoms with E-state index in [4.69, 9.17) is 9.15 Å². The molecule has 8 nitrogen and oxygen atoms in total. The van der Waals surface area contributed by atoms with Gasteiger partial charge in [0.1, 0.15) is 11.9 Å². The van der Waals surface area contributed by atoms with Crippen LogP contribution in [0.2, 0.25) is 0 Å². The Morgan fingerprint density at radius 3 is 2.77 bits per heavy atom. The second kappa shape index (κ2) is 8.61. The lowest BCUT2D eigenvalue weighted by Gasteiger charge is -2.39. The average molecular weight is 426 g/mol. The van der Waals surface area contributed by atoms with Gasteiger partial charge >= 0.3 is 6.09 Å². The Kier molecular flexibility index (Phi) is 5.89.